The lowest BCUT2D eigenvalue weighted by atomic mass is 9.49. The van der Waals surface area contributed by atoms with Gasteiger partial charge in [-0.05, 0) is 80.2 Å². The Morgan fingerprint density at radius 3 is 2.33 bits per heavy atom. The van der Waals surface area contributed by atoms with Crippen molar-refractivity contribution < 1.29 is 14.3 Å². The zero-order valence-corrected chi connectivity index (χ0v) is 16.6. The van der Waals surface area contributed by atoms with Crippen LogP contribution in [0.4, 0.5) is 0 Å². The molecule has 4 nitrogen and oxygen atoms in total. The molecule has 146 valence electrons. The molecule has 1 amide bonds. The Morgan fingerprint density at radius 1 is 1.15 bits per heavy atom. The van der Waals surface area contributed by atoms with Crippen LogP contribution >= 0.6 is 11.6 Å². The van der Waals surface area contributed by atoms with Gasteiger partial charge in [0.15, 0.2) is 6.61 Å². The van der Waals surface area contributed by atoms with Crippen LogP contribution < -0.4 is 5.32 Å². The fourth-order valence-electron chi connectivity index (χ4n) is 6.20. The molecule has 4 saturated carbocycles. The van der Waals surface area contributed by atoms with Crippen LogP contribution in [-0.4, -0.2) is 18.5 Å². The molecule has 0 aromatic heterocycles. The zero-order chi connectivity index (χ0) is 19.0. The van der Waals surface area contributed by atoms with E-state index in [4.69, 9.17) is 16.3 Å². The maximum absolute atomic E-state index is 12.4. The predicted molar refractivity (Wildman–Crippen MR) is 104 cm³/mol. The van der Waals surface area contributed by atoms with Crippen LogP contribution in [0.15, 0.2) is 24.3 Å². The highest BCUT2D eigenvalue weighted by atomic mass is 35.5. The van der Waals surface area contributed by atoms with Gasteiger partial charge in [0.25, 0.3) is 5.91 Å². The number of nitrogens with one attached hydrogen (secondary N) is 1. The van der Waals surface area contributed by atoms with Gasteiger partial charge in [-0.1, -0.05) is 29.8 Å². The molecule has 1 aromatic rings. The summed E-state index contributed by atoms with van der Waals surface area (Å²) in [6.45, 7) is 1.65. The van der Waals surface area contributed by atoms with Crippen LogP contribution in [-0.2, 0) is 14.3 Å². The van der Waals surface area contributed by atoms with Gasteiger partial charge >= 0.3 is 5.97 Å². The Hall–Kier alpha value is -1.55. The number of carbonyl (C=O) groups is 2. The van der Waals surface area contributed by atoms with Crippen LogP contribution in [0, 0.1) is 23.2 Å². The van der Waals surface area contributed by atoms with Gasteiger partial charge in [0, 0.05) is 5.02 Å². The van der Waals surface area contributed by atoms with Crippen LogP contribution in [0.25, 0.3) is 0 Å². The maximum Gasteiger partial charge on any atom is 0.306 e. The summed E-state index contributed by atoms with van der Waals surface area (Å²) in [4.78, 5) is 24.6. The van der Waals surface area contributed by atoms with Gasteiger partial charge in [0.2, 0.25) is 0 Å². The molecule has 0 unspecified atom stereocenters. The maximum atomic E-state index is 12.4. The molecule has 4 aliphatic carbocycles. The first-order chi connectivity index (χ1) is 12.9. The highest BCUT2D eigenvalue weighted by Crippen LogP contribution is 2.61. The molecule has 1 N–H and O–H groups in total. The topological polar surface area (TPSA) is 55.4 Å². The quantitative estimate of drug-likeness (QED) is 0.719. The Bertz CT molecular complexity index is 697. The number of carbonyl (C=O) groups excluding carboxylic acids is 2. The molecule has 0 aliphatic heterocycles. The summed E-state index contributed by atoms with van der Waals surface area (Å²) >= 11 is 6.17. The molecule has 5 heteroatoms. The van der Waals surface area contributed by atoms with E-state index in [9.17, 15) is 9.59 Å². The van der Waals surface area contributed by atoms with Crippen LogP contribution in [0.3, 0.4) is 0 Å². The van der Waals surface area contributed by atoms with Gasteiger partial charge in [-0.15, -0.1) is 0 Å². The van der Waals surface area contributed by atoms with E-state index in [-0.39, 0.29) is 29.9 Å². The fourth-order valence-corrected chi connectivity index (χ4v) is 6.50. The SMILES string of the molecule is C[C@@H](NC(=O)COC(=O)CC12CC3CC(CC(C3)C1)C2)c1ccccc1Cl. The first kappa shape index (κ1) is 18.8. The third-order valence-corrected chi connectivity index (χ3v) is 7.14. The summed E-state index contributed by atoms with van der Waals surface area (Å²) in [7, 11) is 0. The molecule has 0 spiro atoms. The average molecular weight is 390 g/mol. The smallest absolute Gasteiger partial charge is 0.306 e. The van der Waals surface area contributed by atoms with E-state index in [0.717, 1.165) is 23.3 Å². The van der Waals surface area contributed by atoms with Crippen molar-refractivity contribution >= 4 is 23.5 Å². The normalized spacial score (nSPS) is 32.1. The van der Waals surface area contributed by atoms with Gasteiger partial charge in [-0.3, -0.25) is 9.59 Å². The Balaban J connectivity index is 1.26. The minimum atomic E-state index is -0.290. The van der Waals surface area contributed by atoms with Crippen molar-refractivity contribution in [3.8, 4) is 0 Å². The van der Waals surface area contributed by atoms with Crippen molar-refractivity contribution in [2.45, 2.75) is 57.9 Å². The lowest BCUT2D eigenvalue weighted by molar-refractivity contribution is -0.155. The second-order valence-electron chi connectivity index (χ2n) is 9.07. The third kappa shape index (κ3) is 4.16. The number of hydrogen-bond acceptors (Lipinski definition) is 3. The molecule has 4 fully saturated rings. The molecule has 4 bridgehead atoms. The number of ether oxygens (including phenoxy) is 1. The summed E-state index contributed by atoms with van der Waals surface area (Å²) in [5, 5.41) is 3.47. The zero-order valence-electron chi connectivity index (χ0n) is 15.9. The second kappa shape index (κ2) is 7.46. The highest BCUT2D eigenvalue weighted by Gasteiger charge is 2.51. The lowest BCUT2D eigenvalue weighted by Gasteiger charge is -2.56. The van der Waals surface area contributed by atoms with E-state index < -0.39 is 0 Å². The van der Waals surface area contributed by atoms with Crippen molar-refractivity contribution in [3.63, 3.8) is 0 Å². The summed E-state index contributed by atoms with van der Waals surface area (Å²) in [5.41, 5.74) is 1.00. The molecule has 0 heterocycles. The van der Waals surface area contributed by atoms with Crippen molar-refractivity contribution in [2.75, 3.05) is 6.61 Å². The Morgan fingerprint density at radius 2 is 1.74 bits per heavy atom. The molecule has 0 radical (unpaired) electrons. The van der Waals surface area contributed by atoms with E-state index in [1.54, 1.807) is 6.07 Å². The molecule has 1 atom stereocenters. The van der Waals surface area contributed by atoms with Gasteiger partial charge in [0.05, 0.1) is 12.5 Å². The summed E-state index contributed by atoms with van der Waals surface area (Å²) in [5.74, 6) is 1.91. The highest BCUT2D eigenvalue weighted by molar-refractivity contribution is 6.31. The predicted octanol–water partition coefficient (Wildman–Crippen LogP) is 4.67. The largest absolute Gasteiger partial charge is 0.456 e. The monoisotopic (exact) mass is 389 g/mol. The van der Waals surface area contributed by atoms with Gasteiger partial charge < -0.3 is 10.1 Å². The molecule has 27 heavy (non-hydrogen) atoms. The first-order valence-electron chi connectivity index (χ1n) is 10.1. The van der Waals surface area contributed by atoms with E-state index in [1.807, 2.05) is 25.1 Å². The van der Waals surface area contributed by atoms with Gasteiger partial charge in [-0.25, -0.2) is 0 Å². The minimum absolute atomic E-state index is 0.146. The minimum Gasteiger partial charge on any atom is -0.456 e. The van der Waals surface area contributed by atoms with E-state index in [0.29, 0.717) is 11.4 Å². The standard InChI is InChI=1S/C22H28ClNO3/c1-14(18-4-2-3-5-19(18)23)24-20(25)13-27-21(26)12-22-9-15-6-16(10-22)8-17(7-15)11-22/h2-5,14-17H,6-13H2,1H3,(H,24,25)/t14-,15?,16?,17?,22?/m1/s1. The van der Waals surface area contributed by atoms with Crippen molar-refractivity contribution in [1.29, 1.82) is 0 Å². The molecular weight excluding hydrogens is 362 g/mol. The number of rotatable bonds is 6. The number of hydrogen-bond donors (Lipinski definition) is 1. The number of amides is 1. The van der Waals surface area contributed by atoms with Gasteiger partial charge in [-0.2, -0.15) is 0 Å². The van der Waals surface area contributed by atoms with E-state index in [2.05, 4.69) is 5.32 Å². The van der Waals surface area contributed by atoms with Crippen molar-refractivity contribution in [2.24, 2.45) is 23.2 Å². The van der Waals surface area contributed by atoms with Crippen LogP contribution in [0.1, 0.15) is 63.5 Å². The van der Waals surface area contributed by atoms with Crippen LogP contribution in [0.5, 0.6) is 0 Å². The summed E-state index contributed by atoms with van der Waals surface area (Å²) in [6.07, 6.45) is 8.06. The Labute approximate surface area is 166 Å². The molecule has 5 rings (SSSR count). The average Bonchev–Trinajstić information content (AvgIpc) is 2.58. The lowest BCUT2D eigenvalue weighted by Crippen LogP contribution is -2.47. The molecular formula is C22H28ClNO3. The van der Waals surface area contributed by atoms with Crippen LogP contribution in [0.2, 0.25) is 5.02 Å². The fraction of sp³-hybridized carbons (Fsp3) is 0.636. The van der Waals surface area contributed by atoms with Crippen molar-refractivity contribution in [3.05, 3.63) is 34.9 Å². The van der Waals surface area contributed by atoms with Crippen molar-refractivity contribution in [1.82, 2.24) is 5.32 Å². The van der Waals surface area contributed by atoms with Gasteiger partial charge in [0.1, 0.15) is 0 Å². The number of benzene rings is 1. The third-order valence-electron chi connectivity index (χ3n) is 6.80. The molecule has 0 saturated heterocycles. The second-order valence-corrected chi connectivity index (χ2v) is 9.47. The Kier molecular flexibility index (Phi) is 5.19. The number of esters is 1. The summed E-state index contributed by atoms with van der Waals surface area (Å²) < 4.78 is 5.33. The first-order valence-corrected chi connectivity index (χ1v) is 10.5. The van der Waals surface area contributed by atoms with E-state index >= 15 is 0 Å². The molecule has 4 aliphatic rings. The van der Waals surface area contributed by atoms with E-state index in [1.165, 1.54) is 38.5 Å². The molecule has 1 aromatic carbocycles. The summed E-state index contributed by atoms with van der Waals surface area (Å²) in [6, 6.07) is 7.19. The number of halogens is 1.